The molecule has 1 aromatic heterocycles. The second kappa shape index (κ2) is 11.9. The Kier molecular flexibility index (Phi) is 6.93. The van der Waals surface area contributed by atoms with Crippen molar-refractivity contribution in [1.82, 2.24) is 4.57 Å². The van der Waals surface area contributed by atoms with E-state index in [1.54, 1.807) is 0 Å². The number of benzene rings is 8. The predicted molar refractivity (Wildman–Crippen MR) is 206 cm³/mol. The van der Waals surface area contributed by atoms with Gasteiger partial charge in [-0.3, -0.25) is 0 Å². The molecule has 0 spiro atoms. The third-order valence-electron chi connectivity index (χ3n) is 9.86. The zero-order valence-electron chi connectivity index (χ0n) is 27.3. The van der Waals surface area contributed by atoms with Crippen LogP contribution in [0.2, 0.25) is 0 Å². The minimum atomic E-state index is 0.569. The highest BCUT2D eigenvalue weighted by molar-refractivity contribution is 6.22. The molecule has 0 fully saturated rings. The van der Waals surface area contributed by atoms with Gasteiger partial charge in [0.15, 0.2) is 0 Å². The lowest BCUT2D eigenvalue weighted by molar-refractivity contribution is 1.18. The normalized spacial score (nSPS) is 11.1. The summed E-state index contributed by atoms with van der Waals surface area (Å²) in [6.07, 6.45) is 0. The van der Waals surface area contributed by atoms with Crippen molar-refractivity contribution in [1.29, 1.82) is 15.8 Å². The molecule has 4 heteroatoms. The van der Waals surface area contributed by atoms with Gasteiger partial charge in [-0.05, 0) is 110 Å². The van der Waals surface area contributed by atoms with Gasteiger partial charge < -0.3 is 4.57 Å². The van der Waals surface area contributed by atoms with Crippen molar-refractivity contribution in [2.75, 3.05) is 0 Å². The first-order valence-electron chi connectivity index (χ1n) is 16.7. The van der Waals surface area contributed by atoms with Gasteiger partial charge in [-0.15, -0.1) is 0 Å². The summed E-state index contributed by atoms with van der Waals surface area (Å²) in [7, 11) is 0. The fraction of sp³-hybridized carbons (Fsp3) is 0. The molecule has 0 atom stereocenters. The molecule has 51 heavy (non-hydrogen) atoms. The van der Waals surface area contributed by atoms with E-state index in [1.165, 1.54) is 5.56 Å². The van der Waals surface area contributed by atoms with Crippen LogP contribution in [0.1, 0.15) is 16.7 Å². The first kappa shape index (κ1) is 29.7. The highest BCUT2D eigenvalue weighted by atomic mass is 15.0. The molecule has 0 saturated heterocycles. The summed E-state index contributed by atoms with van der Waals surface area (Å²) >= 11 is 0. The highest BCUT2D eigenvalue weighted by Gasteiger charge is 2.20. The molecule has 1 heterocycles. The first-order valence-corrected chi connectivity index (χ1v) is 16.7. The first-order chi connectivity index (χ1) is 25.2. The maximum absolute atomic E-state index is 10.5. The fourth-order valence-electron chi connectivity index (χ4n) is 7.63. The van der Waals surface area contributed by atoms with Crippen molar-refractivity contribution in [3.05, 3.63) is 174 Å². The quantitative estimate of drug-likeness (QED) is 0.179. The molecule has 8 aromatic carbocycles. The van der Waals surface area contributed by atoms with Crippen LogP contribution in [-0.4, -0.2) is 4.57 Å². The van der Waals surface area contributed by atoms with Gasteiger partial charge >= 0.3 is 0 Å². The van der Waals surface area contributed by atoms with Crippen LogP contribution in [0.4, 0.5) is 0 Å². The Hall–Kier alpha value is -7.45. The summed E-state index contributed by atoms with van der Waals surface area (Å²) in [6, 6.07) is 60.4. The van der Waals surface area contributed by atoms with Gasteiger partial charge in [0.25, 0.3) is 0 Å². The summed E-state index contributed by atoms with van der Waals surface area (Å²) in [5, 5.41) is 36.1. The Labute approximate surface area is 294 Å². The summed E-state index contributed by atoms with van der Waals surface area (Å²) in [5.74, 6) is 0. The van der Waals surface area contributed by atoms with Crippen molar-refractivity contribution < 1.29 is 0 Å². The van der Waals surface area contributed by atoms with Crippen molar-refractivity contribution in [3.63, 3.8) is 0 Å². The average molecular weight is 647 g/mol. The molecule has 9 rings (SSSR count). The van der Waals surface area contributed by atoms with Crippen LogP contribution in [0.15, 0.2) is 158 Å². The molecule has 0 N–H and O–H groups in total. The largest absolute Gasteiger partial charge is 0.309 e. The van der Waals surface area contributed by atoms with Gasteiger partial charge in [0.2, 0.25) is 0 Å². The van der Waals surface area contributed by atoms with Crippen molar-refractivity contribution >= 4 is 43.4 Å². The van der Waals surface area contributed by atoms with Crippen molar-refractivity contribution in [2.45, 2.75) is 0 Å². The lowest BCUT2D eigenvalue weighted by atomic mass is 9.84. The van der Waals surface area contributed by atoms with E-state index >= 15 is 0 Å². The lowest BCUT2D eigenvalue weighted by Gasteiger charge is -2.19. The molecular weight excluding hydrogens is 621 g/mol. The van der Waals surface area contributed by atoms with Crippen molar-refractivity contribution in [3.8, 4) is 57.3 Å². The molecule has 0 radical (unpaired) electrons. The molecular formula is C47H26N4. The van der Waals surface area contributed by atoms with Crippen LogP contribution in [0.25, 0.3) is 82.4 Å². The molecule has 0 bridgehead atoms. The molecule has 0 aliphatic rings. The van der Waals surface area contributed by atoms with E-state index in [4.69, 9.17) is 0 Å². The third-order valence-corrected chi connectivity index (χ3v) is 9.86. The van der Waals surface area contributed by atoms with Gasteiger partial charge in [0, 0.05) is 22.0 Å². The Morgan fingerprint density at radius 2 is 0.902 bits per heavy atom. The Bertz CT molecular complexity index is 2870. The van der Waals surface area contributed by atoms with E-state index in [1.807, 2.05) is 60.7 Å². The number of hydrogen-bond acceptors (Lipinski definition) is 3. The second-order valence-corrected chi connectivity index (χ2v) is 12.7. The summed E-state index contributed by atoms with van der Waals surface area (Å²) in [6.45, 7) is 0. The Morgan fingerprint density at radius 3 is 1.47 bits per heavy atom. The SMILES string of the molecule is N#Cc1ccc2c(c1)c1cc(C#N)ccc1n2-c1cccc(-c2ccc(C#N)c(-c3c4ccccc4c(-c4ccccc4)c4ccccc34)c2)c1. The second-order valence-electron chi connectivity index (χ2n) is 12.7. The van der Waals surface area contributed by atoms with Crippen LogP contribution in [0.5, 0.6) is 0 Å². The molecule has 0 aliphatic heterocycles. The Balaban J connectivity index is 1.27. The number of aromatic nitrogens is 1. The summed E-state index contributed by atoms with van der Waals surface area (Å²) in [4.78, 5) is 0. The number of nitrogens with zero attached hydrogens (tertiary/aromatic N) is 4. The number of nitriles is 3. The van der Waals surface area contributed by atoms with Gasteiger partial charge in [-0.2, -0.15) is 15.8 Å². The smallest absolute Gasteiger partial charge is 0.0998 e. The van der Waals surface area contributed by atoms with E-state index in [2.05, 4.69) is 120 Å². The van der Waals surface area contributed by atoms with E-state index in [0.717, 1.165) is 76.9 Å². The standard InChI is InChI=1S/C47H26N4/c48-27-30-17-21-44-42(23-30)43-24-31(28-49)18-22-45(43)51(44)36-12-8-11-33(25-36)34-19-20-35(29-50)41(26-34)47-39-15-6-4-13-37(39)46(32-9-2-1-3-10-32)38-14-5-7-16-40(38)47/h1-26H. The molecule has 4 nitrogen and oxygen atoms in total. The highest BCUT2D eigenvalue weighted by Crippen LogP contribution is 2.45. The zero-order chi connectivity index (χ0) is 34.5. The number of hydrogen-bond donors (Lipinski definition) is 0. The van der Waals surface area contributed by atoms with Crippen LogP contribution < -0.4 is 0 Å². The van der Waals surface area contributed by atoms with E-state index < -0.39 is 0 Å². The maximum Gasteiger partial charge on any atom is 0.0998 e. The predicted octanol–water partition coefficient (Wildman–Crippen LogP) is 11.7. The van der Waals surface area contributed by atoms with Crippen molar-refractivity contribution in [2.24, 2.45) is 0 Å². The minimum Gasteiger partial charge on any atom is -0.309 e. The van der Waals surface area contributed by atoms with Crippen LogP contribution in [0, 0.1) is 34.0 Å². The average Bonchev–Trinajstić information content (AvgIpc) is 3.52. The van der Waals surface area contributed by atoms with Crippen LogP contribution in [-0.2, 0) is 0 Å². The number of fused-ring (bicyclic) bond motifs is 5. The van der Waals surface area contributed by atoms with E-state index in [9.17, 15) is 15.8 Å². The van der Waals surface area contributed by atoms with Crippen LogP contribution >= 0.6 is 0 Å². The fourth-order valence-corrected chi connectivity index (χ4v) is 7.63. The molecule has 234 valence electrons. The van der Waals surface area contributed by atoms with Gasteiger partial charge in [0.05, 0.1) is 45.9 Å². The zero-order valence-corrected chi connectivity index (χ0v) is 27.3. The molecule has 0 unspecified atom stereocenters. The molecule has 0 saturated carbocycles. The molecule has 0 aliphatic carbocycles. The molecule has 9 aromatic rings. The molecule has 0 amide bonds. The minimum absolute atomic E-state index is 0.569. The van der Waals surface area contributed by atoms with E-state index in [0.29, 0.717) is 16.7 Å². The topological polar surface area (TPSA) is 76.3 Å². The Morgan fingerprint density at radius 1 is 0.373 bits per heavy atom. The monoisotopic (exact) mass is 646 g/mol. The number of rotatable bonds is 4. The van der Waals surface area contributed by atoms with E-state index in [-0.39, 0.29) is 0 Å². The third kappa shape index (κ3) is 4.74. The van der Waals surface area contributed by atoms with Crippen LogP contribution in [0.3, 0.4) is 0 Å². The van der Waals surface area contributed by atoms with Gasteiger partial charge in [0.1, 0.15) is 0 Å². The van der Waals surface area contributed by atoms with Gasteiger partial charge in [-0.1, -0.05) is 97.1 Å². The lowest BCUT2D eigenvalue weighted by Crippen LogP contribution is -1.95. The summed E-state index contributed by atoms with van der Waals surface area (Å²) in [5.41, 5.74) is 10.9. The summed E-state index contributed by atoms with van der Waals surface area (Å²) < 4.78 is 2.18. The van der Waals surface area contributed by atoms with Gasteiger partial charge in [-0.25, -0.2) is 0 Å². The maximum atomic E-state index is 10.5.